The Hall–Kier alpha value is -4.19. The number of aromatic amines is 1. The molecule has 216 valence electrons. The van der Waals surface area contributed by atoms with Gasteiger partial charge in [-0.3, -0.25) is 9.69 Å². The number of H-pyrrole nitrogens is 1. The first kappa shape index (κ1) is 28.3. The van der Waals surface area contributed by atoms with Gasteiger partial charge >= 0.3 is 5.97 Å². The first-order valence-corrected chi connectivity index (χ1v) is 13.6. The number of esters is 1. The number of benzene rings is 1. The smallest absolute Gasteiger partial charge is 0.347 e. The fourth-order valence-corrected chi connectivity index (χ4v) is 4.68. The third-order valence-electron chi connectivity index (χ3n) is 7.10. The van der Waals surface area contributed by atoms with E-state index in [4.69, 9.17) is 18.9 Å². The Bertz CT molecular complexity index is 1470. The average molecular weight is 562 g/mol. The molecule has 1 fully saturated rings. The van der Waals surface area contributed by atoms with Gasteiger partial charge in [-0.2, -0.15) is 0 Å². The highest BCUT2D eigenvalue weighted by molar-refractivity contribution is 6.26. The summed E-state index contributed by atoms with van der Waals surface area (Å²) in [4.78, 5) is 38.4. The number of fused-ring (bicyclic) bond motifs is 1. The Morgan fingerprint density at radius 2 is 2.00 bits per heavy atom. The normalized spacial score (nSPS) is 17.3. The van der Waals surface area contributed by atoms with Crippen LogP contribution < -0.4 is 10.1 Å². The zero-order chi connectivity index (χ0) is 28.8. The van der Waals surface area contributed by atoms with Crippen LogP contribution in [0, 0.1) is 6.92 Å². The number of hydrogen-bond acceptors (Lipinski definition) is 10. The highest BCUT2D eigenvalue weighted by atomic mass is 16.6. The summed E-state index contributed by atoms with van der Waals surface area (Å²) in [6, 6.07) is 9.29. The van der Waals surface area contributed by atoms with Gasteiger partial charge in [0.05, 0.1) is 6.61 Å². The highest BCUT2D eigenvalue weighted by Crippen LogP contribution is 2.32. The summed E-state index contributed by atoms with van der Waals surface area (Å²) in [7, 11) is 3.64. The minimum Gasteiger partial charge on any atom is -0.492 e. The van der Waals surface area contributed by atoms with Crippen molar-refractivity contribution in [3.05, 3.63) is 71.1 Å². The highest BCUT2D eigenvalue weighted by Gasteiger charge is 2.37. The van der Waals surface area contributed by atoms with Crippen LogP contribution in [-0.4, -0.2) is 98.2 Å². The lowest BCUT2D eigenvalue weighted by Gasteiger charge is -2.32. The molecule has 0 amide bonds. The van der Waals surface area contributed by atoms with Crippen molar-refractivity contribution in [2.24, 2.45) is 0 Å². The second-order valence-corrected chi connectivity index (χ2v) is 10.0. The molecule has 0 radical (unpaired) electrons. The number of carbonyl (C=O) groups excluding carboxylic acids is 2. The number of ketones is 1. The summed E-state index contributed by atoms with van der Waals surface area (Å²) in [5.74, 6) is -0.618. The van der Waals surface area contributed by atoms with Crippen LogP contribution >= 0.6 is 0 Å². The van der Waals surface area contributed by atoms with Crippen LogP contribution in [0.15, 0.2) is 59.9 Å². The van der Waals surface area contributed by atoms with E-state index in [2.05, 4.69) is 32.1 Å². The van der Waals surface area contributed by atoms with Gasteiger partial charge in [0.25, 0.3) is 0 Å². The quantitative estimate of drug-likeness (QED) is 0.157. The number of aromatic nitrogens is 2. The van der Waals surface area contributed by atoms with Gasteiger partial charge in [0, 0.05) is 68.9 Å². The number of nitrogens with zero attached hydrogens (tertiary/aromatic N) is 3. The number of carbonyl (C=O) groups is 2. The van der Waals surface area contributed by atoms with E-state index in [1.807, 2.05) is 37.3 Å². The molecule has 11 nitrogen and oxygen atoms in total. The lowest BCUT2D eigenvalue weighted by Crippen LogP contribution is -2.45. The molecule has 0 aliphatic carbocycles. The summed E-state index contributed by atoms with van der Waals surface area (Å²) in [5, 5.41) is 3.94. The molecule has 41 heavy (non-hydrogen) atoms. The molecule has 0 atom stereocenters. The number of likely N-dealkylation sites (N-methyl/N-ethyl adjacent to an activating group) is 1. The van der Waals surface area contributed by atoms with Crippen LogP contribution in [-0.2, 0) is 23.8 Å². The molecule has 5 rings (SSSR count). The Kier molecular flexibility index (Phi) is 8.98. The molecular formula is C30H35N5O6. The molecule has 0 bridgehead atoms. The molecule has 2 N–H and O–H groups in total. The van der Waals surface area contributed by atoms with Crippen LogP contribution in [0.2, 0.25) is 0 Å². The predicted octanol–water partition coefficient (Wildman–Crippen LogP) is 2.95. The lowest BCUT2D eigenvalue weighted by molar-refractivity contribution is -0.141. The molecule has 11 heteroatoms. The molecule has 1 aromatic carbocycles. The standard InChI is InChI=1S/C30H35N5O6/c1-20-17-22(39-14-13-35-11-9-34(2)10-12-35)6-7-24(20)33-29-26(30(37)40-16-15-38-3)27(36)25(41-29)18-21-19-32-28-23(21)5-4-8-31-28/h4-8,17-19,33H,9-16H2,1-3H3,(H,31,32)/b25-18-. The van der Waals surface area contributed by atoms with Gasteiger partial charge in [0.1, 0.15) is 24.6 Å². The van der Waals surface area contributed by atoms with Gasteiger partial charge in [-0.1, -0.05) is 0 Å². The molecule has 1 saturated heterocycles. The van der Waals surface area contributed by atoms with Gasteiger partial charge in [-0.15, -0.1) is 0 Å². The summed E-state index contributed by atoms with van der Waals surface area (Å²) >= 11 is 0. The van der Waals surface area contributed by atoms with Gasteiger partial charge in [-0.05, 0) is 55.9 Å². The number of methoxy groups -OCH3 is 1. The van der Waals surface area contributed by atoms with E-state index in [1.165, 1.54) is 7.11 Å². The largest absolute Gasteiger partial charge is 0.492 e. The monoisotopic (exact) mass is 561 g/mol. The Labute approximate surface area is 238 Å². The minimum atomic E-state index is -0.792. The second-order valence-electron chi connectivity index (χ2n) is 10.0. The number of hydrogen-bond donors (Lipinski definition) is 2. The molecule has 0 saturated carbocycles. The number of rotatable bonds is 11. The summed E-state index contributed by atoms with van der Waals surface area (Å²) < 4.78 is 22.2. The third-order valence-corrected chi connectivity index (χ3v) is 7.10. The number of anilines is 1. The number of Topliss-reactive ketones (excluding diaryl/α,β-unsaturated/α-hetero) is 1. The van der Waals surface area contributed by atoms with E-state index in [1.54, 1.807) is 18.5 Å². The van der Waals surface area contributed by atoms with Crippen molar-refractivity contribution in [3.8, 4) is 5.75 Å². The summed E-state index contributed by atoms with van der Waals surface area (Å²) in [5.41, 5.74) is 2.70. The lowest BCUT2D eigenvalue weighted by atomic mass is 10.1. The molecule has 2 aliphatic heterocycles. The van der Waals surface area contributed by atoms with Crippen molar-refractivity contribution in [1.29, 1.82) is 0 Å². The number of ether oxygens (including phenoxy) is 4. The molecule has 2 aromatic heterocycles. The van der Waals surface area contributed by atoms with Crippen molar-refractivity contribution in [2.75, 3.05) is 72.0 Å². The van der Waals surface area contributed by atoms with Gasteiger partial charge in [0.2, 0.25) is 11.7 Å². The maximum absolute atomic E-state index is 13.4. The van der Waals surface area contributed by atoms with Gasteiger partial charge in [-0.25, -0.2) is 9.78 Å². The Balaban J connectivity index is 1.31. The zero-order valence-electron chi connectivity index (χ0n) is 23.6. The SMILES string of the molecule is COCCOC(=O)C1=C(Nc2ccc(OCCN3CCN(C)CC3)cc2C)O/C(=C\c2c[nH]c3ncccc23)C1=O. The minimum absolute atomic E-state index is 0.00235. The zero-order valence-corrected chi connectivity index (χ0v) is 23.6. The topological polar surface area (TPSA) is 118 Å². The van der Waals surface area contributed by atoms with Crippen molar-refractivity contribution in [2.45, 2.75) is 6.92 Å². The number of nitrogens with one attached hydrogen (secondary N) is 2. The molecule has 4 heterocycles. The van der Waals surface area contributed by atoms with Crippen LogP contribution in [0.5, 0.6) is 5.75 Å². The summed E-state index contributed by atoms with van der Waals surface area (Å²) in [6.07, 6.45) is 5.00. The van der Waals surface area contributed by atoms with Crippen molar-refractivity contribution >= 4 is 34.5 Å². The first-order valence-electron chi connectivity index (χ1n) is 13.6. The maximum atomic E-state index is 13.4. The number of pyridine rings is 1. The summed E-state index contributed by atoms with van der Waals surface area (Å²) in [6.45, 7) is 7.80. The van der Waals surface area contributed by atoms with E-state index in [0.29, 0.717) is 23.5 Å². The van der Waals surface area contributed by atoms with Crippen LogP contribution in [0.4, 0.5) is 5.69 Å². The number of aryl methyl sites for hydroxylation is 1. The van der Waals surface area contributed by atoms with Gasteiger partial charge in [0.15, 0.2) is 11.3 Å². The van der Waals surface area contributed by atoms with E-state index in [0.717, 1.165) is 49.4 Å². The van der Waals surface area contributed by atoms with E-state index >= 15 is 0 Å². The number of piperazine rings is 1. The van der Waals surface area contributed by atoms with Crippen LogP contribution in [0.1, 0.15) is 11.1 Å². The van der Waals surface area contributed by atoms with Gasteiger partial charge < -0.3 is 34.1 Å². The Morgan fingerprint density at radius 3 is 2.78 bits per heavy atom. The van der Waals surface area contributed by atoms with Crippen LogP contribution in [0.25, 0.3) is 17.1 Å². The molecule has 0 unspecified atom stereocenters. The average Bonchev–Trinajstić information content (AvgIpc) is 3.51. The Morgan fingerprint density at radius 1 is 1.17 bits per heavy atom. The van der Waals surface area contributed by atoms with Crippen LogP contribution in [0.3, 0.4) is 0 Å². The first-order chi connectivity index (χ1) is 19.9. The molecule has 0 spiro atoms. The molecular weight excluding hydrogens is 526 g/mol. The van der Waals surface area contributed by atoms with E-state index < -0.39 is 11.8 Å². The third kappa shape index (κ3) is 6.76. The van der Waals surface area contributed by atoms with Crippen molar-refractivity contribution in [1.82, 2.24) is 19.8 Å². The van der Waals surface area contributed by atoms with Crippen molar-refractivity contribution in [3.63, 3.8) is 0 Å². The molecule has 3 aromatic rings. The fourth-order valence-electron chi connectivity index (χ4n) is 4.68. The number of allylic oxidation sites excluding steroid dienone is 1. The van der Waals surface area contributed by atoms with E-state index in [-0.39, 0.29) is 30.4 Å². The second kappa shape index (κ2) is 13.0. The predicted molar refractivity (Wildman–Crippen MR) is 154 cm³/mol. The van der Waals surface area contributed by atoms with Crippen molar-refractivity contribution < 1.29 is 28.5 Å². The maximum Gasteiger partial charge on any atom is 0.347 e. The fraction of sp³-hybridized carbons (Fsp3) is 0.367. The molecule has 2 aliphatic rings. The van der Waals surface area contributed by atoms with E-state index in [9.17, 15) is 9.59 Å².